The molecule has 1 aliphatic rings. The van der Waals surface area contributed by atoms with E-state index in [-0.39, 0.29) is 11.7 Å². The van der Waals surface area contributed by atoms with Gasteiger partial charge in [-0.1, -0.05) is 25.1 Å². The molecule has 120 valence electrons. The molecule has 23 heavy (non-hydrogen) atoms. The fourth-order valence-electron chi connectivity index (χ4n) is 2.92. The van der Waals surface area contributed by atoms with Crippen LogP contribution >= 0.6 is 0 Å². The summed E-state index contributed by atoms with van der Waals surface area (Å²) in [5, 5.41) is 0. The third-order valence-electron chi connectivity index (χ3n) is 4.51. The maximum atomic E-state index is 14.3. The summed E-state index contributed by atoms with van der Waals surface area (Å²) >= 11 is 0. The van der Waals surface area contributed by atoms with Crippen LogP contribution in [0.15, 0.2) is 36.4 Å². The molecule has 1 aliphatic heterocycles. The molecular formula is C19H21FN2O. The van der Waals surface area contributed by atoms with E-state index in [1.165, 1.54) is 0 Å². The Kier molecular flexibility index (Phi) is 4.42. The molecule has 0 spiro atoms. The van der Waals surface area contributed by atoms with E-state index in [4.69, 9.17) is 0 Å². The number of pyridine rings is 1. The van der Waals surface area contributed by atoms with E-state index in [0.29, 0.717) is 28.4 Å². The fraction of sp³-hybridized carbons (Fsp3) is 0.368. The third-order valence-corrected chi connectivity index (χ3v) is 4.51. The molecule has 2 heterocycles. The second kappa shape index (κ2) is 6.49. The van der Waals surface area contributed by atoms with Crippen molar-refractivity contribution in [3.8, 4) is 11.3 Å². The summed E-state index contributed by atoms with van der Waals surface area (Å²) in [6, 6.07) is 10.4. The lowest BCUT2D eigenvalue weighted by Crippen LogP contribution is -2.38. The van der Waals surface area contributed by atoms with E-state index in [1.54, 1.807) is 43.3 Å². The Hall–Kier alpha value is -2.23. The van der Waals surface area contributed by atoms with E-state index in [0.717, 1.165) is 25.9 Å². The van der Waals surface area contributed by atoms with Crippen molar-refractivity contribution in [1.29, 1.82) is 0 Å². The zero-order chi connectivity index (χ0) is 16.4. The van der Waals surface area contributed by atoms with Gasteiger partial charge in [0.2, 0.25) is 0 Å². The number of hydrogen-bond donors (Lipinski definition) is 0. The van der Waals surface area contributed by atoms with Gasteiger partial charge in [0.1, 0.15) is 11.5 Å². The summed E-state index contributed by atoms with van der Waals surface area (Å²) in [5.74, 6) is 0.322. The SMILES string of the molecule is Cc1cccc(-c2cccc(C(=O)N3CCC(C)CC3)n2)c1F. The van der Waals surface area contributed by atoms with Gasteiger partial charge in [-0.25, -0.2) is 9.37 Å². The van der Waals surface area contributed by atoms with Crippen LogP contribution in [0.2, 0.25) is 0 Å². The first-order valence-corrected chi connectivity index (χ1v) is 8.08. The average Bonchev–Trinajstić information content (AvgIpc) is 2.57. The van der Waals surface area contributed by atoms with Gasteiger partial charge in [-0.2, -0.15) is 0 Å². The largest absolute Gasteiger partial charge is 0.337 e. The topological polar surface area (TPSA) is 33.2 Å². The van der Waals surface area contributed by atoms with Gasteiger partial charge in [-0.15, -0.1) is 0 Å². The van der Waals surface area contributed by atoms with Gasteiger partial charge >= 0.3 is 0 Å². The summed E-state index contributed by atoms with van der Waals surface area (Å²) in [6.45, 7) is 5.47. The van der Waals surface area contributed by atoms with E-state index < -0.39 is 0 Å². The molecule has 0 saturated carbocycles. The highest BCUT2D eigenvalue weighted by Crippen LogP contribution is 2.24. The Morgan fingerprint density at radius 3 is 2.61 bits per heavy atom. The molecular weight excluding hydrogens is 291 g/mol. The highest BCUT2D eigenvalue weighted by Gasteiger charge is 2.22. The molecule has 0 bridgehead atoms. The number of carbonyl (C=O) groups excluding carboxylic acids is 1. The second-order valence-corrected chi connectivity index (χ2v) is 6.32. The van der Waals surface area contributed by atoms with E-state index in [2.05, 4.69) is 11.9 Å². The Bertz CT molecular complexity index is 721. The predicted octanol–water partition coefficient (Wildman–Crippen LogP) is 4.07. The third kappa shape index (κ3) is 3.26. The number of nitrogens with zero attached hydrogens (tertiary/aromatic N) is 2. The number of aromatic nitrogens is 1. The molecule has 1 aromatic heterocycles. The Morgan fingerprint density at radius 1 is 1.17 bits per heavy atom. The molecule has 1 amide bonds. The second-order valence-electron chi connectivity index (χ2n) is 6.32. The van der Waals surface area contributed by atoms with Crippen LogP contribution in [0.25, 0.3) is 11.3 Å². The summed E-state index contributed by atoms with van der Waals surface area (Å²) < 4.78 is 14.3. The van der Waals surface area contributed by atoms with Crippen molar-refractivity contribution in [2.75, 3.05) is 13.1 Å². The Balaban J connectivity index is 1.88. The summed E-state index contributed by atoms with van der Waals surface area (Å²) in [6.07, 6.45) is 2.05. The van der Waals surface area contributed by atoms with Gasteiger partial charge in [0.15, 0.2) is 0 Å². The molecule has 2 aromatic rings. The molecule has 1 saturated heterocycles. The first-order chi connectivity index (χ1) is 11.1. The van der Waals surface area contributed by atoms with E-state index in [1.807, 2.05) is 4.90 Å². The number of carbonyl (C=O) groups is 1. The van der Waals surface area contributed by atoms with Crippen LogP contribution in [-0.4, -0.2) is 28.9 Å². The van der Waals surface area contributed by atoms with Gasteiger partial charge in [-0.3, -0.25) is 4.79 Å². The van der Waals surface area contributed by atoms with Crippen molar-refractivity contribution in [1.82, 2.24) is 9.88 Å². The van der Waals surface area contributed by atoms with Crippen molar-refractivity contribution >= 4 is 5.91 Å². The minimum atomic E-state index is -0.281. The standard InChI is InChI=1S/C19H21FN2O/c1-13-9-11-22(12-10-13)19(23)17-8-4-7-16(21-17)15-6-3-5-14(2)18(15)20/h3-8,13H,9-12H2,1-2H3. The van der Waals surface area contributed by atoms with Crippen LogP contribution in [0.4, 0.5) is 4.39 Å². The predicted molar refractivity (Wildman–Crippen MR) is 88.7 cm³/mol. The fourth-order valence-corrected chi connectivity index (χ4v) is 2.92. The van der Waals surface area contributed by atoms with Gasteiger partial charge in [0.25, 0.3) is 5.91 Å². The average molecular weight is 312 g/mol. The number of halogens is 1. The number of piperidine rings is 1. The van der Waals surface area contributed by atoms with Crippen LogP contribution in [0.1, 0.15) is 35.8 Å². The molecule has 0 N–H and O–H groups in total. The molecule has 1 fully saturated rings. The first-order valence-electron chi connectivity index (χ1n) is 8.08. The minimum absolute atomic E-state index is 0.0631. The lowest BCUT2D eigenvalue weighted by atomic mass is 9.99. The van der Waals surface area contributed by atoms with Crippen LogP contribution in [0.3, 0.4) is 0 Å². The van der Waals surface area contributed by atoms with Gasteiger partial charge < -0.3 is 4.90 Å². The number of amides is 1. The molecule has 0 radical (unpaired) electrons. The molecule has 4 heteroatoms. The van der Waals surface area contributed by atoms with Crippen LogP contribution < -0.4 is 0 Å². The molecule has 0 aliphatic carbocycles. The lowest BCUT2D eigenvalue weighted by molar-refractivity contribution is 0.0691. The smallest absolute Gasteiger partial charge is 0.272 e. The number of aryl methyl sites for hydroxylation is 1. The van der Waals surface area contributed by atoms with Crippen LogP contribution in [-0.2, 0) is 0 Å². The quantitative estimate of drug-likeness (QED) is 0.837. The summed E-state index contributed by atoms with van der Waals surface area (Å²) in [7, 11) is 0. The molecule has 1 aromatic carbocycles. The number of likely N-dealkylation sites (tertiary alicyclic amines) is 1. The van der Waals surface area contributed by atoms with Gasteiger partial charge in [-0.05, 0) is 49.4 Å². The van der Waals surface area contributed by atoms with Crippen LogP contribution in [0, 0.1) is 18.7 Å². The van der Waals surface area contributed by atoms with Gasteiger partial charge in [0.05, 0.1) is 5.69 Å². The zero-order valence-corrected chi connectivity index (χ0v) is 13.6. The summed E-state index contributed by atoms with van der Waals surface area (Å²) in [4.78, 5) is 18.9. The number of rotatable bonds is 2. The number of hydrogen-bond acceptors (Lipinski definition) is 2. The summed E-state index contributed by atoms with van der Waals surface area (Å²) in [5.41, 5.74) is 1.90. The zero-order valence-electron chi connectivity index (χ0n) is 13.6. The normalized spacial score (nSPS) is 15.7. The van der Waals surface area contributed by atoms with Crippen molar-refractivity contribution in [3.63, 3.8) is 0 Å². The highest BCUT2D eigenvalue weighted by atomic mass is 19.1. The van der Waals surface area contributed by atoms with Crippen molar-refractivity contribution < 1.29 is 9.18 Å². The molecule has 3 rings (SSSR count). The molecule has 0 atom stereocenters. The van der Waals surface area contributed by atoms with Crippen molar-refractivity contribution in [2.24, 2.45) is 5.92 Å². The molecule has 3 nitrogen and oxygen atoms in total. The van der Waals surface area contributed by atoms with Crippen molar-refractivity contribution in [3.05, 3.63) is 53.5 Å². The maximum Gasteiger partial charge on any atom is 0.272 e. The lowest BCUT2D eigenvalue weighted by Gasteiger charge is -2.30. The van der Waals surface area contributed by atoms with E-state index >= 15 is 0 Å². The van der Waals surface area contributed by atoms with Gasteiger partial charge in [0, 0.05) is 18.7 Å². The van der Waals surface area contributed by atoms with E-state index in [9.17, 15) is 9.18 Å². The number of benzene rings is 1. The maximum absolute atomic E-state index is 14.3. The highest BCUT2D eigenvalue weighted by molar-refractivity contribution is 5.93. The van der Waals surface area contributed by atoms with Crippen molar-refractivity contribution in [2.45, 2.75) is 26.7 Å². The minimum Gasteiger partial charge on any atom is -0.337 e. The Morgan fingerprint density at radius 2 is 1.87 bits per heavy atom. The Labute approximate surface area is 136 Å². The first kappa shape index (κ1) is 15.7. The van der Waals surface area contributed by atoms with Crippen LogP contribution in [0.5, 0.6) is 0 Å². The monoisotopic (exact) mass is 312 g/mol. The molecule has 0 unspecified atom stereocenters.